The number of hydrogen-bond donors (Lipinski definition) is 13. The SMILES string of the molecule is Nc1c(N=Nc2ccc3c(O)c(N=Nc4ccc5c(O)c(N=Nc6ccc(N=Nc7ccc(S(=O)(=O)O)cc7)c7ccc(SOOO)cc67)c(S(=O)(=O)O)cc5c4S(=O)(=O)O)c(S(=O)(=O)O)cc3c2S(=O)(=O)O)cc(S(=O)(=O)O)c2cc(SOOO)c(N=Nc3ccc([N+](=O)[O-])cc3S(=O)(=O)O)c(O)c12. The van der Waals surface area contributed by atoms with E-state index in [1.165, 1.54) is 42.5 Å². The Kier molecular flexibility index (Phi) is 21.3. The molecule has 10 rings (SSSR count). The molecule has 0 spiro atoms. The van der Waals surface area contributed by atoms with Crippen molar-refractivity contribution in [3.8, 4) is 17.2 Å². The van der Waals surface area contributed by atoms with E-state index >= 15 is 0 Å². The predicted octanol–water partition coefficient (Wildman–Crippen LogP) is 12.6. The first-order valence-electron chi connectivity index (χ1n) is 26.9. The van der Waals surface area contributed by atoms with Crippen LogP contribution in [-0.2, 0) is 89.6 Å². The van der Waals surface area contributed by atoms with Crippen molar-refractivity contribution >= 4 is 206 Å². The van der Waals surface area contributed by atoms with E-state index < -0.39 is 216 Å². The third-order valence-corrected chi connectivity index (χ3v) is 21.6. The fraction of sp³-hybridized carbons (Fsp3) is 0. The predicted molar refractivity (Wildman–Crippen MR) is 356 cm³/mol. The Bertz CT molecular complexity index is 6440. The van der Waals surface area contributed by atoms with Gasteiger partial charge in [0.2, 0.25) is 0 Å². The number of aromatic hydroxyl groups is 3. The topological polar surface area (TPSA) is 711 Å². The van der Waals surface area contributed by atoms with Crippen LogP contribution in [0.25, 0.3) is 43.1 Å². The van der Waals surface area contributed by atoms with Crippen LogP contribution in [0.15, 0.2) is 217 Å². The molecule has 0 unspecified atom stereocenters. The molecule has 105 heavy (non-hydrogen) atoms. The Hall–Kier alpha value is -10.3. The zero-order valence-electron chi connectivity index (χ0n) is 50.2. The van der Waals surface area contributed by atoms with Crippen molar-refractivity contribution in [2.75, 3.05) is 5.73 Å². The van der Waals surface area contributed by atoms with Gasteiger partial charge in [-0.1, -0.05) is 16.1 Å². The summed E-state index contributed by atoms with van der Waals surface area (Å²) in [5.74, 6) is -4.07. The van der Waals surface area contributed by atoms with Crippen LogP contribution in [0.2, 0.25) is 0 Å². The van der Waals surface area contributed by atoms with Crippen LogP contribution in [0.1, 0.15) is 0 Å². The molecule has 0 saturated heterocycles. The number of rotatable bonds is 24. The number of nitro groups is 1. The number of anilines is 1. The van der Waals surface area contributed by atoms with Gasteiger partial charge in [-0.05, 0) is 103 Å². The summed E-state index contributed by atoms with van der Waals surface area (Å²) in [5, 5.41) is 104. The fourth-order valence-electron chi connectivity index (χ4n) is 9.76. The molecule has 0 aliphatic rings. The van der Waals surface area contributed by atoms with Gasteiger partial charge in [0, 0.05) is 54.7 Å². The summed E-state index contributed by atoms with van der Waals surface area (Å²) >= 11 is 0.384. The Morgan fingerprint density at radius 1 is 0.371 bits per heavy atom. The maximum atomic E-state index is 13.3. The van der Waals surface area contributed by atoms with Crippen molar-refractivity contribution in [3.63, 3.8) is 0 Å². The number of non-ortho nitro benzene ring substituents is 1. The highest BCUT2D eigenvalue weighted by Crippen LogP contribution is 2.53. The molecule has 0 radical (unpaired) electrons. The van der Waals surface area contributed by atoms with Crippen LogP contribution in [0.3, 0.4) is 0 Å². The van der Waals surface area contributed by atoms with Gasteiger partial charge in [-0.3, -0.25) is 42.0 Å². The molecule has 0 atom stereocenters. The molecule has 0 aromatic heterocycles. The van der Waals surface area contributed by atoms with Crippen molar-refractivity contribution in [2.45, 2.75) is 44.1 Å². The van der Waals surface area contributed by atoms with Crippen molar-refractivity contribution in [3.05, 3.63) is 131 Å². The minimum Gasteiger partial charge on any atom is -0.505 e. The number of phenols is 3. The van der Waals surface area contributed by atoms with Crippen LogP contribution < -0.4 is 5.73 Å². The smallest absolute Gasteiger partial charge is 0.297 e. The molecule has 44 nitrogen and oxygen atoms in total. The van der Waals surface area contributed by atoms with Gasteiger partial charge in [0.05, 0.1) is 66.9 Å². The molecule has 548 valence electrons. The molecular weight excluding hydrogens is 1590 g/mol. The fourth-order valence-corrected chi connectivity index (χ4v) is 15.4. The molecule has 0 saturated carbocycles. The van der Waals surface area contributed by atoms with Gasteiger partial charge in [-0.15, -0.1) is 54.7 Å². The lowest BCUT2D eigenvalue weighted by Crippen LogP contribution is -2.04. The van der Waals surface area contributed by atoms with E-state index in [2.05, 4.69) is 69.9 Å². The third kappa shape index (κ3) is 16.3. The average Bonchev–Trinajstić information content (AvgIpc) is 0.747. The van der Waals surface area contributed by atoms with Gasteiger partial charge in [-0.25, -0.2) is 10.5 Å². The largest absolute Gasteiger partial charge is 0.505 e. The quantitative estimate of drug-likeness (QED) is 0.00508. The number of hydrogen-bond acceptors (Lipinski definition) is 38. The third-order valence-electron chi connectivity index (χ3n) is 14.1. The number of nitro benzene ring substituents is 1. The second-order valence-corrected chi connectivity index (χ2v) is 31.7. The molecule has 14 N–H and O–H groups in total. The van der Waals surface area contributed by atoms with Crippen LogP contribution in [0.5, 0.6) is 17.2 Å². The Labute approximate surface area is 592 Å². The standard InChI is InChI=1S/C52H34N12O32S9/c53-44-37(20-39(100(75,76)77)31-17-38(98-96-94-71)45(50(67)43(31)44)61-57-34-10-3-22(64(68)69)15-40(34)101(78,79)80)60-58-35-11-8-26-29(51(35)104(87,88)89)18-42(103(84,85)86)47(49(26)66)63-59-36-12-9-27-30(52(36)105(90,91)92)19-41(102(81,82)83)46(48(27)65)62-56-33-14-13-32(25-7-4-23(16-28(25)33)97-95-93-70)55-54-21-1-5-24(6-2-21)99(72,73)74/h1-20,65-67,70-71H,53H2,(H,72,73,74)(H,75,76,77)(H,78,79,80)(H,81,82,83)(H,84,85,86)(H,87,88,89)(H,90,91,92). The Morgan fingerprint density at radius 3 is 1.30 bits per heavy atom. The second-order valence-electron chi connectivity index (χ2n) is 20.5. The first-order valence-corrected chi connectivity index (χ1v) is 38.4. The first kappa shape index (κ1) is 77.3. The molecule has 0 aliphatic heterocycles. The number of nitrogens with two attached hydrogens (primary N) is 1. The van der Waals surface area contributed by atoms with E-state index in [4.69, 9.17) is 16.2 Å². The van der Waals surface area contributed by atoms with Crippen LogP contribution >= 0.6 is 24.1 Å². The lowest BCUT2D eigenvalue weighted by Gasteiger charge is -2.15. The lowest BCUT2D eigenvalue weighted by molar-refractivity contribution is -0.432. The number of nitrogen functional groups attached to an aromatic ring is 1. The summed E-state index contributed by atoms with van der Waals surface area (Å²) < 4.78 is 260. The maximum Gasteiger partial charge on any atom is 0.297 e. The highest BCUT2D eigenvalue weighted by atomic mass is 32.2. The number of azo groups is 5. The highest BCUT2D eigenvalue weighted by Gasteiger charge is 2.33. The molecule has 0 aliphatic carbocycles. The van der Waals surface area contributed by atoms with E-state index in [1.807, 2.05) is 0 Å². The van der Waals surface area contributed by atoms with Gasteiger partial charge in [0.25, 0.3) is 76.5 Å². The van der Waals surface area contributed by atoms with E-state index in [1.54, 1.807) is 0 Å². The summed E-state index contributed by atoms with van der Waals surface area (Å²) in [5.41, 5.74) is -2.86. The number of phenolic OH excluding ortho intramolecular Hbond substituents is 3. The molecule has 53 heteroatoms. The van der Waals surface area contributed by atoms with E-state index in [9.17, 15) is 116 Å². The van der Waals surface area contributed by atoms with E-state index in [-0.39, 0.29) is 50.8 Å². The van der Waals surface area contributed by atoms with Crippen LogP contribution in [-0.4, -0.2) is 122 Å². The monoisotopic (exact) mass is 1630 g/mol. The molecule has 0 fully saturated rings. The molecule has 10 aromatic carbocycles. The van der Waals surface area contributed by atoms with Gasteiger partial charge in [-0.2, -0.15) is 64.0 Å². The van der Waals surface area contributed by atoms with Crippen molar-refractivity contribution < 1.29 is 140 Å². The van der Waals surface area contributed by atoms with E-state index in [0.717, 1.165) is 24.3 Å². The second kappa shape index (κ2) is 29.0. The first-order chi connectivity index (χ1) is 48.9. The summed E-state index contributed by atoms with van der Waals surface area (Å²) in [6.45, 7) is 0. The summed E-state index contributed by atoms with van der Waals surface area (Å²) in [6.07, 6.45) is 0. The molecule has 10 aromatic rings. The zero-order chi connectivity index (χ0) is 77.0. The van der Waals surface area contributed by atoms with Crippen LogP contribution in [0.4, 0.5) is 68.2 Å². The minimum absolute atomic E-state index is 0.0726. The summed E-state index contributed by atoms with van der Waals surface area (Å²) in [6, 6.07) is 17.4. The van der Waals surface area contributed by atoms with Crippen molar-refractivity contribution in [1.82, 2.24) is 0 Å². The van der Waals surface area contributed by atoms with Gasteiger partial charge < -0.3 is 21.1 Å². The molecule has 0 heterocycles. The highest BCUT2D eigenvalue weighted by molar-refractivity contribution is 7.95. The number of nitrogens with zero attached hydrogens (tertiary/aromatic N) is 11. The van der Waals surface area contributed by atoms with Crippen molar-refractivity contribution in [2.24, 2.45) is 51.1 Å². The Morgan fingerprint density at radius 2 is 0.810 bits per heavy atom. The lowest BCUT2D eigenvalue weighted by atomic mass is 10.0. The van der Waals surface area contributed by atoms with Gasteiger partial charge >= 0.3 is 0 Å². The summed E-state index contributed by atoms with van der Waals surface area (Å²) in [4.78, 5) is 0.913. The molecule has 0 amide bonds. The molecular formula is C52H34N12O32S9. The number of fused-ring (bicyclic) bond motifs is 4. The number of benzene rings is 10. The van der Waals surface area contributed by atoms with Gasteiger partial charge in [0.1, 0.15) is 69.2 Å². The molecule has 0 bridgehead atoms. The Balaban J connectivity index is 1.07. The zero-order valence-corrected chi connectivity index (χ0v) is 57.6. The maximum absolute atomic E-state index is 13.3. The minimum atomic E-state index is -5.88. The average molecular weight is 1630 g/mol. The van der Waals surface area contributed by atoms with Crippen LogP contribution in [0, 0.1) is 10.1 Å². The summed E-state index contributed by atoms with van der Waals surface area (Å²) in [7, 11) is -38.7. The normalized spacial score (nSPS) is 13.2. The van der Waals surface area contributed by atoms with Crippen molar-refractivity contribution in [1.29, 1.82) is 0 Å². The van der Waals surface area contributed by atoms with E-state index in [0.29, 0.717) is 60.6 Å². The van der Waals surface area contributed by atoms with Gasteiger partial charge in [0.15, 0.2) is 17.2 Å².